The maximum atomic E-state index is 12.0. The second-order valence-corrected chi connectivity index (χ2v) is 4.75. The molecule has 0 unspecified atom stereocenters. The van der Waals surface area contributed by atoms with Gasteiger partial charge < -0.3 is 10.6 Å². The summed E-state index contributed by atoms with van der Waals surface area (Å²) < 4.78 is 0.977. The van der Waals surface area contributed by atoms with E-state index in [2.05, 4.69) is 31.1 Å². The van der Waals surface area contributed by atoms with Crippen LogP contribution in [0.25, 0.3) is 0 Å². The van der Waals surface area contributed by atoms with Crippen LogP contribution in [0.15, 0.2) is 28.7 Å². The van der Waals surface area contributed by atoms with Gasteiger partial charge in [0.15, 0.2) is 0 Å². The maximum Gasteiger partial charge on any atom is 0.291 e. The Morgan fingerprint density at radius 1 is 1.56 bits per heavy atom. The summed E-state index contributed by atoms with van der Waals surface area (Å²) in [5.41, 5.74) is 6.38. The van der Waals surface area contributed by atoms with Crippen LogP contribution in [-0.2, 0) is 6.54 Å². The van der Waals surface area contributed by atoms with Crippen LogP contribution in [0.3, 0.4) is 0 Å². The molecule has 3 N–H and O–H groups in total. The number of nitrogens with two attached hydrogens (primary N) is 1. The van der Waals surface area contributed by atoms with Gasteiger partial charge in [-0.05, 0) is 17.7 Å². The summed E-state index contributed by atoms with van der Waals surface area (Å²) in [6, 6.07) is 7.76. The lowest BCUT2D eigenvalue weighted by Gasteiger charge is -2.15. The third kappa shape index (κ3) is 2.86. The molecular formula is C11H12BrN5O. The van der Waals surface area contributed by atoms with Crippen molar-refractivity contribution in [3.05, 3.63) is 40.1 Å². The molecule has 6 nitrogen and oxygen atoms in total. The van der Waals surface area contributed by atoms with E-state index >= 15 is 0 Å². The number of nitrogen functional groups attached to an aromatic ring is 1. The maximum absolute atomic E-state index is 12.0. The summed E-state index contributed by atoms with van der Waals surface area (Å²) in [5, 5.41) is 6.12. The van der Waals surface area contributed by atoms with Crippen LogP contribution >= 0.6 is 15.9 Å². The molecule has 0 radical (unpaired) electrons. The number of nitrogens with one attached hydrogen (secondary N) is 1. The van der Waals surface area contributed by atoms with Crippen LogP contribution < -0.4 is 5.73 Å². The molecule has 2 aromatic rings. The van der Waals surface area contributed by atoms with Crippen molar-refractivity contribution in [2.24, 2.45) is 0 Å². The van der Waals surface area contributed by atoms with Gasteiger partial charge in [-0.15, -0.1) is 5.10 Å². The van der Waals surface area contributed by atoms with Crippen molar-refractivity contribution < 1.29 is 4.79 Å². The molecule has 0 fully saturated rings. The van der Waals surface area contributed by atoms with E-state index in [0.29, 0.717) is 6.54 Å². The summed E-state index contributed by atoms with van der Waals surface area (Å²) in [4.78, 5) is 17.3. The molecule has 1 aromatic heterocycles. The lowest BCUT2D eigenvalue weighted by molar-refractivity contribution is 0.0773. The molecule has 7 heteroatoms. The zero-order valence-corrected chi connectivity index (χ0v) is 11.3. The van der Waals surface area contributed by atoms with Crippen LogP contribution in [0.5, 0.6) is 0 Å². The first-order valence-electron chi connectivity index (χ1n) is 5.24. The molecule has 18 heavy (non-hydrogen) atoms. The number of hydrogen-bond acceptors (Lipinski definition) is 4. The Morgan fingerprint density at radius 3 is 2.94 bits per heavy atom. The number of carbonyl (C=O) groups is 1. The number of rotatable bonds is 3. The first-order valence-corrected chi connectivity index (χ1v) is 6.03. The molecule has 0 saturated heterocycles. The molecule has 0 aliphatic rings. The number of hydrogen-bond donors (Lipinski definition) is 2. The van der Waals surface area contributed by atoms with E-state index in [4.69, 9.17) is 5.73 Å². The quantitative estimate of drug-likeness (QED) is 0.897. The lowest BCUT2D eigenvalue weighted by Crippen LogP contribution is -2.27. The Bertz CT molecular complexity index is 568. The monoisotopic (exact) mass is 309 g/mol. The van der Waals surface area contributed by atoms with E-state index in [0.717, 1.165) is 10.0 Å². The van der Waals surface area contributed by atoms with Crippen molar-refractivity contribution in [2.75, 3.05) is 12.8 Å². The Hall–Kier alpha value is -1.89. The van der Waals surface area contributed by atoms with Crippen LogP contribution in [0, 0.1) is 0 Å². The lowest BCUT2D eigenvalue weighted by atomic mass is 10.2. The number of halogens is 1. The van der Waals surface area contributed by atoms with E-state index in [1.807, 2.05) is 24.3 Å². The van der Waals surface area contributed by atoms with E-state index in [-0.39, 0.29) is 17.7 Å². The smallest absolute Gasteiger partial charge is 0.291 e. The Kier molecular flexibility index (Phi) is 3.61. The molecule has 1 amide bonds. The number of benzene rings is 1. The van der Waals surface area contributed by atoms with Gasteiger partial charge in [-0.1, -0.05) is 28.1 Å². The van der Waals surface area contributed by atoms with Gasteiger partial charge in [-0.3, -0.25) is 9.89 Å². The van der Waals surface area contributed by atoms with Crippen molar-refractivity contribution in [2.45, 2.75) is 6.54 Å². The van der Waals surface area contributed by atoms with Gasteiger partial charge in [0, 0.05) is 18.1 Å². The summed E-state index contributed by atoms with van der Waals surface area (Å²) >= 11 is 3.39. The number of anilines is 1. The largest absolute Gasteiger partial charge is 0.366 e. The van der Waals surface area contributed by atoms with Gasteiger partial charge in [0.2, 0.25) is 11.8 Å². The zero-order valence-electron chi connectivity index (χ0n) is 9.72. The van der Waals surface area contributed by atoms with Crippen LogP contribution in [0.1, 0.15) is 16.2 Å². The minimum atomic E-state index is -0.251. The van der Waals surface area contributed by atoms with Crippen LogP contribution in [0.2, 0.25) is 0 Å². The third-order valence-corrected chi connectivity index (χ3v) is 2.85. The summed E-state index contributed by atoms with van der Waals surface area (Å²) in [5.74, 6) is -0.0432. The van der Waals surface area contributed by atoms with Gasteiger partial charge in [-0.2, -0.15) is 4.98 Å². The van der Waals surface area contributed by atoms with E-state index in [1.165, 1.54) is 0 Å². The second-order valence-electron chi connectivity index (χ2n) is 3.83. The highest BCUT2D eigenvalue weighted by Crippen LogP contribution is 2.13. The second kappa shape index (κ2) is 5.18. The van der Waals surface area contributed by atoms with E-state index in [9.17, 15) is 4.79 Å². The van der Waals surface area contributed by atoms with Gasteiger partial charge in [-0.25, -0.2) is 0 Å². The van der Waals surface area contributed by atoms with E-state index in [1.54, 1.807) is 11.9 Å². The summed E-state index contributed by atoms with van der Waals surface area (Å²) in [6.45, 7) is 0.485. The molecule has 0 bridgehead atoms. The van der Waals surface area contributed by atoms with Crippen molar-refractivity contribution >= 4 is 27.8 Å². The first kappa shape index (κ1) is 12.6. The molecule has 0 aliphatic carbocycles. The van der Waals surface area contributed by atoms with Crippen molar-refractivity contribution in [3.8, 4) is 0 Å². The van der Waals surface area contributed by atoms with Gasteiger partial charge in [0.25, 0.3) is 5.91 Å². The number of amides is 1. The number of nitrogens with zero attached hydrogens (tertiary/aromatic N) is 3. The Labute approximate surface area is 112 Å². The van der Waals surface area contributed by atoms with Gasteiger partial charge in [0.1, 0.15) is 0 Å². The van der Waals surface area contributed by atoms with Gasteiger partial charge >= 0.3 is 0 Å². The first-order chi connectivity index (χ1) is 8.56. The standard InChI is InChI=1S/C11H12BrN5O/c1-17(6-7-3-2-4-8(12)5-7)10(18)9-14-11(13)16-15-9/h2-5H,6H2,1H3,(H3,13,14,15,16). The number of aromatic nitrogens is 3. The summed E-state index contributed by atoms with van der Waals surface area (Å²) in [7, 11) is 1.70. The van der Waals surface area contributed by atoms with Crippen molar-refractivity contribution in [1.82, 2.24) is 20.1 Å². The molecule has 1 aromatic carbocycles. The fourth-order valence-corrected chi connectivity index (χ4v) is 1.98. The summed E-state index contributed by atoms with van der Waals surface area (Å²) in [6.07, 6.45) is 0. The fourth-order valence-electron chi connectivity index (χ4n) is 1.53. The van der Waals surface area contributed by atoms with Crippen LogP contribution in [-0.4, -0.2) is 33.0 Å². The fraction of sp³-hybridized carbons (Fsp3) is 0.182. The van der Waals surface area contributed by atoms with Crippen molar-refractivity contribution in [1.29, 1.82) is 0 Å². The molecule has 0 spiro atoms. The molecule has 0 atom stereocenters. The normalized spacial score (nSPS) is 10.3. The molecular weight excluding hydrogens is 298 g/mol. The van der Waals surface area contributed by atoms with E-state index < -0.39 is 0 Å². The number of carbonyl (C=O) groups excluding carboxylic acids is 1. The van der Waals surface area contributed by atoms with Gasteiger partial charge in [0.05, 0.1) is 0 Å². The minimum absolute atomic E-state index is 0.0641. The van der Waals surface area contributed by atoms with Crippen LogP contribution in [0.4, 0.5) is 5.95 Å². The molecule has 1 heterocycles. The predicted octanol–water partition coefficient (Wildman–Crippen LogP) is 1.42. The highest BCUT2D eigenvalue weighted by Gasteiger charge is 2.15. The SMILES string of the molecule is CN(Cc1cccc(Br)c1)C(=O)c1nc(N)n[nH]1. The van der Waals surface area contributed by atoms with Crippen molar-refractivity contribution in [3.63, 3.8) is 0 Å². The number of aromatic amines is 1. The predicted molar refractivity (Wildman–Crippen MR) is 70.7 cm³/mol. The third-order valence-electron chi connectivity index (χ3n) is 2.36. The molecule has 0 saturated carbocycles. The Morgan fingerprint density at radius 2 is 2.33 bits per heavy atom. The molecule has 2 rings (SSSR count). The number of H-pyrrole nitrogens is 1. The highest BCUT2D eigenvalue weighted by atomic mass is 79.9. The zero-order chi connectivity index (χ0) is 13.1. The highest BCUT2D eigenvalue weighted by molar-refractivity contribution is 9.10. The average Bonchev–Trinajstić information content (AvgIpc) is 2.75. The average molecular weight is 310 g/mol. The molecule has 0 aliphatic heterocycles. The Balaban J connectivity index is 2.08. The molecule has 94 valence electrons. The minimum Gasteiger partial charge on any atom is -0.366 e. The topological polar surface area (TPSA) is 87.9 Å².